The van der Waals surface area contributed by atoms with Crippen molar-refractivity contribution < 1.29 is 0 Å². The lowest BCUT2D eigenvalue weighted by Gasteiger charge is -2.35. The van der Waals surface area contributed by atoms with Gasteiger partial charge in [-0.05, 0) is 14.1 Å². The molecule has 1 aliphatic heterocycles. The molecule has 0 spiro atoms. The Bertz CT molecular complexity index is 61.4. The molecule has 8 heavy (non-hydrogen) atoms. The Balaban J connectivity index is 0.000000490. The van der Waals surface area contributed by atoms with Crippen LogP contribution in [0.1, 0.15) is 0 Å². The van der Waals surface area contributed by atoms with Gasteiger partial charge in [0, 0.05) is 19.1 Å². The molecule has 0 radical (unpaired) electrons. The van der Waals surface area contributed by atoms with Gasteiger partial charge in [-0.2, -0.15) is 0 Å². The first-order valence-electron chi connectivity index (χ1n) is 2.68. The molecule has 1 rings (SSSR count). The van der Waals surface area contributed by atoms with Crippen LogP contribution in [-0.2, 0) is 0 Å². The molecule has 0 amide bonds. The lowest BCUT2D eigenvalue weighted by molar-refractivity contribution is 0.169. The highest BCUT2D eigenvalue weighted by Gasteiger charge is 2.19. The van der Waals surface area contributed by atoms with Gasteiger partial charge in [0.1, 0.15) is 0 Å². The highest BCUT2D eigenvalue weighted by atomic mass is 35.5. The summed E-state index contributed by atoms with van der Waals surface area (Å²) < 4.78 is 0. The highest BCUT2D eigenvalue weighted by molar-refractivity contribution is 5.85. The molecule has 1 saturated heterocycles. The quantitative estimate of drug-likeness (QED) is 0.544. The molecule has 1 heterocycles. The average molecular weight is 137 g/mol. The molecule has 1 fully saturated rings. The first kappa shape index (κ1) is 8.21. The first-order chi connectivity index (χ1) is 3.33. The van der Waals surface area contributed by atoms with E-state index >= 15 is 0 Å². The fourth-order valence-electron chi connectivity index (χ4n) is 0.882. The molecule has 0 aromatic heterocycles. The molecule has 0 atom stereocenters. The van der Waals surface area contributed by atoms with Gasteiger partial charge in [0.05, 0.1) is 0 Å². The lowest BCUT2D eigenvalue weighted by Crippen LogP contribution is -2.54. The van der Waals surface area contributed by atoms with Crippen molar-refractivity contribution in [2.75, 3.05) is 27.2 Å². The number of likely N-dealkylation sites (N-methyl/N-ethyl adjacent to an activating group) is 2. The van der Waals surface area contributed by atoms with Gasteiger partial charge in [-0.15, -0.1) is 12.4 Å². The standard InChI is InChI=1S/C5H12N2.ClH/c1-6-5-3-7(2)4-5;/h5-6H,3-4H2,1-2H3;1H. The first-order valence-corrected chi connectivity index (χ1v) is 2.68. The van der Waals surface area contributed by atoms with E-state index in [-0.39, 0.29) is 12.4 Å². The van der Waals surface area contributed by atoms with Gasteiger partial charge in [-0.3, -0.25) is 0 Å². The van der Waals surface area contributed by atoms with Crippen LogP contribution in [-0.4, -0.2) is 38.1 Å². The second-order valence-electron chi connectivity index (χ2n) is 2.21. The van der Waals surface area contributed by atoms with Crippen LogP contribution in [0.4, 0.5) is 0 Å². The van der Waals surface area contributed by atoms with Crippen molar-refractivity contribution in [1.82, 2.24) is 10.2 Å². The van der Waals surface area contributed by atoms with Gasteiger partial charge in [0.25, 0.3) is 0 Å². The smallest absolute Gasteiger partial charge is 0.0319 e. The zero-order chi connectivity index (χ0) is 5.28. The Hall–Kier alpha value is 0.210. The number of rotatable bonds is 1. The third kappa shape index (κ3) is 1.62. The predicted octanol–water partition coefficient (Wildman–Crippen LogP) is -0.0584. The fraction of sp³-hybridized carbons (Fsp3) is 1.00. The van der Waals surface area contributed by atoms with Gasteiger partial charge < -0.3 is 10.2 Å². The summed E-state index contributed by atoms with van der Waals surface area (Å²) in [6, 6.07) is 0.769. The van der Waals surface area contributed by atoms with Crippen molar-refractivity contribution in [3.8, 4) is 0 Å². The van der Waals surface area contributed by atoms with Crippen LogP contribution in [0.2, 0.25) is 0 Å². The molecule has 1 aliphatic rings. The van der Waals surface area contributed by atoms with E-state index in [1.165, 1.54) is 13.1 Å². The number of nitrogens with one attached hydrogen (secondary N) is 1. The summed E-state index contributed by atoms with van der Waals surface area (Å²) in [7, 11) is 4.14. The van der Waals surface area contributed by atoms with Crippen LogP contribution in [0.15, 0.2) is 0 Å². The molecule has 3 heteroatoms. The Morgan fingerprint density at radius 3 is 2.12 bits per heavy atom. The maximum atomic E-state index is 3.19. The van der Waals surface area contributed by atoms with E-state index < -0.39 is 0 Å². The third-order valence-corrected chi connectivity index (χ3v) is 1.47. The van der Waals surface area contributed by atoms with E-state index in [2.05, 4.69) is 17.3 Å². The van der Waals surface area contributed by atoms with Crippen molar-refractivity contribution in [2.45, 2.75) is 6.04 Å². The minimum atomic E-state index is 0. The van der Waals surface area contributed by atoms with E-state index in [0.29, 0.717) is 0 Å². The van der Waals surface area contributed by atoms with Gasteiger partial charge in [-0.25, -0.2) is 0 Å². The number of hydrogen-bond acceptors (Lipinski definition) is 2. The van der Waals surface area contributed by atoms with Crippen molar-refractivity contribution in [2.24, 2.45) is 0 Å². The number of likely N-dealkylation sites (tertiary alicyclic amines) is 1. The molecule has 50 valence electrons. The summed E-state index contributed by atoms with van der Waals surface area (Å²) in [6.07, 6.45) is 0. The van der Waals surface area contributed by atoms with Crippen molar-refractivity contribution in [1.29, 1.82) is 0 Å². The van der Waals surface area contributed by atoms with Crippen molar-refractivity contribution >= 4 is 12.4 Å². The van der Waals surface area contributed by atoms with E-state index in [1.807, 2.05) is 7.05 Å². The maximum Gasteiger partial charge on any atom is 0.0319 e. The van der Waals surface area contributed by atoms with Crippen LogP contribution in [0.5, 0.6) is 0 Å². The molecule has 1 N–H and O–H groups in total. The molecule has 0 aliphatic carbocycles. The predicted molar refractivity (Wildman–Crippen MR) is 37.6 cm³/mol. The minimum absolute atomic E-state index is 0. The summed E-state index contributed by atoms with van der Waals surface area (Å²) in [5, 5.41) is 3.19. The highest BCUT2D eigenvalue weighted by Crippen LogP contribution is 2.00. The summed E-state index contributed by atoms with van der Waals surface area (Å²) >= 11 is 0. The van der Waals surface area contributed by atoms with Crippen molar-refractivity contribution in [3.63, 3.8) is 0 Å². The SMILES string of the molecule is CNC1CN(C)C1.Cl. The topological polar surface area (TPSA) is 15.3 Å². The largest absolute Gasteiger partial charge is 0.315 e. The zero-order valence-electron chi connectivity index (χ0n) is 5.35. The molecule has 0 aromatic carbocycles. The van der Waals surface area contributed by atoms with E-state index in [0.717, 1.165) is 6.04 Å². The number of hydrogen-bond donors (Lipinski definition) is 1. The van der Waals surface area contributed by atoms with Crippen molar-refractivity contribution in [3.05, 3.63) is 0 Å². The van der Waals surface area contributed by atoms with Crippen LogP contribution >= 0.6 is 12.4 Å². The van der Waals surface area contributed by atoms with Crippen LogP contribution in [0, 0.1) is 0 Å². The lowest BCUT2D eigenvalue weighted by atomic mass is 10.1. The van der Waals surface area contributed by atoms with Gasteiger partial charge >= 0.3 is 0 Å². The number of halogens is 1. The zero-order valence-corrected chi connectivity index (χ0v) is 6.16. The fourth-order valence-corrected chi connectivity index (χ4v) is 0.882. The van der Waals surface area contributed by atoms with E-state index in [4.69, 9.17) is 0 Å². The summed E-state index contributed by atoms with van der Waals surface area (Å²) in [5.41, 5.74) is 0. The van der Waals surface area contributed by atoms with Crippen LogP contribution < -0.4 is 5.32 Å². The summed E-state index contributed by atoms with van der Waals surface area (Å²) in [4.78, 5) is 2.29. The van der Waals surface area contributed by atoms with Gasteiger partial charge in [0.2, 0.25) is 0 Å². The normalized spacial score (nSPS) is 21.8. The molecular formula is C5H13ClN2. The molecular weight excluding hydrogens is 124 g/mol. The second-order valence-corrected chi connectivity index (χ2v) is 2.21. The van der Waals surface area contributed by atoms with E-state index in [9.17, 15) is 0 Å². The summed E-state index contributed by atoms with van der Waals surface area (Å²) in [5.74, 6) is 0. The Labute approximate surface area is 56.7 Å². The Morgan fingerprint density at radius 2 is 2.00 bits per heavy atom. The maximum absolute atomic E-state index is 3.19. The average Bonchev–Trinajstić information content (AvgIpc) is 1.58. The third-order valence-electron chi connectivity index (χ3n) is 1.47. The molecule has 0 unspecified atom stereocenters. The van der Waals surface area contributed by atoms with Gasteiger partial charge in [-0.1, -0.05) is 0 Å². The molecule has 0 bridgehead atoms. The Morgan fingerprint density at radius 1 is 1.50 bits per heavy atom. The minimum Gasteiger partial charge on any atom is -0.315 e. The molecule has 2 nitrogen and oxygen atoms in total. The second kappa shape index (κ2) is 3.28. The monoisotopic (exact) mass is 136 g/mol. The molecule has 0 aromatic rings. The summed E-state index contributed by atoms with van der Waals surface area (Å²) in [6.45, 7) is 2.44. The van der Waals surface area contributed by atoms with Crippen LogP contribution in [0.25, 0.3) is 0 Å². The number of nitrogens with zero attached hydrogens (tertiary/aromatic N) is 1. The Kier molecular flexibility index (Phi) is 3.36. The van der Waals surface area contributed by atoms with E-state index in [1.54, 1.807) is 0 Å². The van der Waals surface area contributed by atoms with Crippen LogP contribution in [0.3, 0.4) is 0 Å². The molecule has 0 saturated carbocycles. The van der Waals surface area contributed by atoms with Gasteiger partial charge in [0.15, 0.2) is 0 Å².